The Morgan fingerprint density at radius 3 is 1.88 bits per heavy atom. The van der Waals surface area contributed by atoms with Crippen LogP contribution in [0.2, 0.25) is 0 Å². The molecule has 1 N–H and O–H groups in total. The van der Waals surface area contributed by atoms with Gasteiger partial charge in [-0.1, -0.05) is 6.07 Å². The van der Waals surface area contributed by atoms with Gasteiger partial charge in [0.1, 0.15) is 5.41 Å². The second-order valence-corrected chi connectivity index (χ2v) is 9.88. The van der Waals surface area contributed by atoms with E-state index in [-0.39, 0.29) is 35.4 Å². The summed E-state index contributed by atoms with van der Waals surface area (Å²) in [5, 5.41) is 2.37. The van der Waals surface area contributed by atoms with E-state index in [9.17, 15) is 57.5 Å². The average molecular weight is 592 g/mol. The average Bonchev–Trinajstić information content (AvgIpc) is 3.57. The fraction of sp³-hybridized carbons (Fsp3) is 0.480. The van der Waals surface area contributed by atoms with Crippen molar-refractivity contribution >= 4 is 11.6 Å². The first-order valence-electron chi connectivity index (χ1n) is 11.8. The fourth-order valence-electron chi connectivity index (χ4n) is 4.74. The van der Waals surface area contributed by atoms with Crippen molar-refractivity contribution in [3.8, 4) is 0 Å². The number of nitrogens with zero attached hydrogens (tertiary/aromatic N) is 1. The number of anilines is 1. The van der Waals surface area contributed by atoms with Crippen molar-refractivity contribution in [3.05, 3.63) is 64.2 Å². The van der Waals surface area contributed by atoms with Crippen molar-refractivity contribution in [1.29, 1.82) is 0 Å². The van der Waals surface area contributed by atoms with Crippen molar-refractivity contribution in [2.45, 2.75) is 55.9 Å². The smallest absolute Gasteiger partial charge is 0.370 e. The Kier molecular flexibility index (Phi) is 7.28. The second kappa shape index (κ2) is 9.75. The molecule has 2 aromatic rings. The molecule has 0 bridgehead atoms. The van der Waals surface area contributed by atoms with Crippen molar-refractivity contribution in [1.82, 2.24) is 5.32 Å². The molecule has 1 amide bonds. The molecule has 1 heterocycles. The first kappa shape index (κ1) is 29.8. The van der Waals surface area contributed by atoms with Gasteiger partial charge in [-0.2, -0.15) is 52.7 Å². The SMILES string of the molecule is O=C(NCc1ccc(N2CCC(c3cc(C(F)(F)F)cc(C(F)(F)F)c3)(C(F)(F)F)C2)cc1C(F)(F)F)C1CC1. The Balaban J connectivity index is 1.72. The van der Waals surface area contributed by atoms with Gasteiger partial charge in [-0.05, 0) is 60.7 Å². The molecule has 0 radical (unpaired) electrons. The molecule has 15 heteroatoms. The third kappa shape index (κ3) is 5.97. The maximum absolute atomic E-state index is 14.4. The summed E-state index contributed by atoms with van der Waals surface area (Å²) in [4.78, 5) is 12.7. The summed E-state index contributed by atoms with van der Waals surface area (Å²) in [6, 6.07) is 2.28. The van der Waals surface area contributed by atoms with E-state index in [1.165, 1.54) is 0 Å². The summed E-state index contributed by atoms with van der Waals surface area (Å²) in [7, 11) is 0. The van der Waals surface area contributed by atoms with Crippen molar-refractivity contribution in [3.63, 3.8) is 0 Å². The second-order valence-electron chi connectivity index (χ2n) is 9.88. The third-order valence-corrected chi connectivity index (χ3v) is 7.12. The first-order valence-corrected chi connectivity index (χ1v) is 11.8. The zero-order valence-corrected chi connectivity index (χ0v) is 20.2. The highest BCUT2D eigenvalue weighted by Gasteiger charge is 2.60. The highest BCUT2D eigenvalue weighted by molar-refractivity contribution is 5.80. The van der Waals surface area contributed by atoms with Crippen LogP contribution in [-0.4, -0.2) is 25.2 Å². The van der Waals surface area contributed by atoms with Gasteiger partial charge < -0.3 is 10.2 Å². The number of nitrogens with one attached hydrogen (secondary N) is 1. The largest absolute Gasteiger partial charge is 0.416 e. The predicted octanol–water partition coefficient (Wildman–Crippen LogP) is 7.48. The van der Waals surface area contributed by atoms with Gasteiger partial charge in [0.2, 0.25) is 5.91 Å². The van der Waals surface area contributed by atoms with Crippen LogP contribution >= 0.6 is 0 Å². The highest BCUT2D eigenvalue weighted by Crippen LogP contribution is 2.51. The Hall–Kier alpha value is -3.13. The summed E-state index contributed by atoms with van der Waals surface area (Å²) in [6.07, 6.45) is -20.9. The minimum atomic E-state index is -5.40. The Bertz CT molecular complexity index is 1240. The van der Waals surface area contributed by atoms with E-state index in [2.05, 4.69) is 5.32 Å². The molecule has 4 rings (SSSR count). The molecule has 1 atom stereocenters. The van der Waals surface area contributed by atoms with Gasteiger partial charge in [0.15, 0.2) is 0 Å². The fourth-order valence-corrected chi connectivity index (χ4v) is 4.74. The van der Waals surface area contributed by atoms with Gasteiger partial charge in [-0.3, -0.25) is 4.79 Å². The molecule has 2 aliphatic rings. The molecule has 0 spiro atoms. The first-order chi connectivity index (χ1) is 18.2. The van der Waals surface area contributed by atoms with Crippen LogP contribution in [0.25, 0.3) is 0 Å². The van der Waals surface area contributed by atoms with Gasteiger partial charge in [0.05, 0.1) is 16.7 Å². The molecule has 1 saturated heterocycles. The van der Waals surface area contributed by atoms with E-state index in [0.717, 1.165) is 17.0 Å². The third-order valence-electron chi connectivity index (χ3n) is 7.12. The lowest BCUT2D eigenvalue weighted by Gasteiger charge is -2.34. The van der Waals surface area contributed by atoms with Crippen LogP contribution in [0.5, 0.6) is 0 Å². The number of amides is 1. The monoisotopic (exact) mass is 592 g/mol. The lowest BCUT2D eigenvalue weighted by molar-refractivity contribution is -0.185. The van der Waals surface area contributed by atoms with Gasteiger partial charge in [0, 0.05) is 31.2 Å². The van der Waals surface area contributed by atoms with E-state index in [1.807, 2.05) is 0 Å². The molecule has 3 nitrogen and oxygen atoms in total. The van der Waals surface area contributed by atoms with Crippen LogP contribution < -0.4 is 10.2 Å². The topological polar surface area (TPSA) is 32.3 Å². The van der Waals surface area contributed by atoms with Gasteiger partial charge in [-0.15, -0.1) is 0 Å². The molecule has 2 fully saturated rings. The van der Waals surface area contributed by atoms with Crippen LogP contribution in [0.3, 0.4) is 0 Å². The molecule has 1 aliphatic carbocycles. The van der Waals surface area contributed by atoms with Gasteiger partial charge in [-0.25, -0.2) is 0 Å². The van der Waals surface area contributed by atoms with E-state index in [0.29, 0.717) is 18.9 Å². The number of hydrogen-bond acceptors (Lipinski definition) is 2. The molecule has 2 aromatic carbocycles. The van der Waals surface area contributed by atoms with Crippen molar-refractivity contribution in [2.24, 2.45) is 5.92 Å². The molecule has 0 aromatic heterocycles. The number of carbonyl (C=O) groups is 1. The van der Waals surface area contributed by atoms with Crippen molar-refractivity contribution in [2.75, 3.05) is 18.0 Å². The summed E-state index contributed by atoms with van der Waals surface area (Å²) < 4.78 is 165. The summed E-state index contributed by atoms with van der Waals surface area (Å²) in [6.45, 7) is -2.32. The zero-order chi connectivity index (χ0) is 29.9. The van der Waals surface area contributed by atoms with E-state index in [4.69, 9.17) is 0 Å². The molecule has 40 heavy (non-hydrogen) atoms. The molecule has 1 unspecified atom stereocenters. The Morgan fingerprint density at radius 2 is 1.40 bits per heavy atom. The molecular weight excluding hydrogens is 572 g/mol. The molecule has 1 aliphatic heterocycles. The molecular formula is C25H20F12N2O. The zero-order valence-electron chi connectivity index (χ0n) is 20.2. The number of rotatable bonds is 5. The summed E-state index contributed by atoms with van der Waals surface area (Å²) in [5.74, 6) is -0.728. The maximum atomic E-state index is 14.4. The van der Waals surface area contributed by atoms with E-state index in [1.54, 1.807) is 0 Å². The summed E-state index contributed by atoms with van der Waals surface area (Å²) >= 11 is 0. The minimum Gasteiger partial charge on any atom is -0.370 e. The highest BCUT2D eigenvalue weighted by atomic mass is 19.4. The quantitative estimate of drug-likeness (QED) is 0.366. The number of halogens is 12. The van der Waals surface area contributed by atoms with Crippen LogP contribution in [0, 0.1) is 5.92 Å². The summed E-state index contributed by atoms with van der Waals surface area (Å²) in [5.41, 5.74) is -10.4. The lowest BCUT2D eigenvalue weighted by Crippen LogP contribution is -2.45. The Morgan fingerprint density at radius 1 is 0.825 bits per heavy atom. The number of carbonyl (C=O) groups excluding carboxylic acids is 1. The van der Waals surface area contributed by atoms with Gasteiger partial charge >= 0.3 is 24.7 Å². The molecule has 220 valence electrons. The maximum Gasteiger partial charge on any atom is 0.416 e. The predicted molar refractivity (Wildman–Crippen MR) is 117 cm³/mol. The minimum absolute atomic E-state index is 0.000973. The van der Waals surface area contributed by atoms with Gasteiger partial charge in [0.25, 0.3) is 0 Å². The molecule has 1 saturated carbocycles. The number of alkyl halides is 12. The lowest BCUT2D eigenvalue weighted by atomic mass is 9.77. The van der Waals surface area contributed by atoms with Crippen LogP contribution in [0.4, 0.5) is 58.4 Å². The van der Waals surface area contributed by atoms with Crippen LogP contribution in [-0.2, 0) is 35.3 Å². The Labute approximate surface area is 219 Å². The number of hydrogen-bond donors (Lipinski definition) is 1. The normalized spacial score (nSPS) is 20.6. The van der Waals surface area contributed by atoms with E-state index >= 15 is 0 Å². The standard InChI is InChI=1S/C25H20F12N2O/c26-22(27,28)16-7-15(8-17(9-16)23(29,30)31)21(25(35,36)37)5-6-39(12-21)18-4-3-14(19(10-18)24(32,33)34)11-38-20(40)13-1-2-13/h3-4,7-10,13H,1-2,5-6,11-12H2,(H,38,40). The van der Waals surface area contributed by atoms with E-state index < -0.39 is 84.3 Å². The van der Waals surface area contributed by atoms with Crippen molar-refractivity contribution < 1.29 is 57.5 Å². The number of benzene rings is 2. The van der Waals surface area contributed by atoms with Crippen LogP contribution in [0.1, 0.15) is 47.1 Å². The van der Waals surface area contributed by atoms with Crippen LogP contribution in [0.15, 0.2) is 36.4 Å².